The molecule has 9 heteroatoms. The standard InChI is InChI=1S/C25H17F3N6/c26-25(27,28)21-13-18(7-10-32-21)24(19-5-2-8-33-22(19)23(30)34-24)17-4-1-3-16(12-17)20-11-15(14-29)6-9-31-20/h1-13,23,34H,30H2. The number of nitrogens with one attached hydrogen (secondary N) is 1. The van der Waals surface area contributed by atoms with E-state index in [1.807, 2.05) is 18.2 Å². The molecular formula is C25H17F3N6. The highest BCUT2D eigenvalue weighted by Crippen LogP contribution is 2.46. The van der Waals surface area contributed by atoms with Crippen LogP contribution in [0.2, 0.25) is 0 Å². The van der Waals surface area contributed by atoms with Gasteiger partial charge < -0.3 is 5.73 Å². The summed E-state index contributed by atoms with van der Waals surface area (Å²) in [5.41, 5.74) is 8.02. The lowest BCUT2D eigenvalue weighted by atomic mass is 9.78. The third kappa shape index (κ3) is 3.50. The van der Waals surface area contributed by atoms with Crippen LogP contribution in [0.3, 0.4) is 0 Å². The van der Waals surface area contributed by atoms with Crippen LogP contribution >= 0.6 is 0 Å². The summed E-state index contributed by atoms with van der Waals surface area (Å²) in [4.78, 5) is 12.3. The van der Waals surface area contributed by atoms with Crippen molar-refractivity contribution in [1.82, 2.24) is 20.3 Å². The molecule has 34 heavy (non-hydrogen) atoms. The van der Waals surface area contributed by atoms with E-state index in [0.29, 0.717) is 39.2 Å². The molecule has 0 bridgehead atoms. The highest BCUT2D eigenvalue weighted by atomic mass is 19.4. The Morgan fingerprint density at radius 2 is 1.71 bits per heavy atom. The quantitative estimate of drug-likeness (QED) is 0.475. The summed E-state index contributed by atoms with van der Waals surface area (Å²) in [5.74, 6) is 0. The average molecular weight is 458 g/mol. The Morgan fingerprint density at radius 1 is 0.912 bits per heavy atom. The maximum atomic E-state index is 13.6. The second kappa shape index (κ2) is 8.02. The highest BCUT2D eigenvalue weighted by Gasteiger charge is 2.47. The number of nitriles is 1. The van der Waals surface area contributed by atoms with Gasteiger partial charge in [0.1, 0.15) is 11.9 Å². The largest absolute Gasteiger partial charge is 0.433 e. The highest BCUT2D eigenvalue weighted by molar-refractivity contribution is 5.65. The van der Waals surface area contributed by atoms with Gasteiger partial charge in [0.15, 0.2) is 0 Å². The molecule has 0 spiro atoms. The first-order valence-electron chi connectivity index (χ1n) is 10.3. The zero-order valence-corrected chi connectivity index (χ0v) is 17.6. The SMILES string of the molecule is N#Cc1ccnc(-c2cccc(C3(c4ccnc(C(F)(F)F)c4)NC(N)c4ncccc43)c2)c1. The van der Waals surface area contributed by atoms with Gasteiger partial charge in [-0.3, -0.25) is 20.3 Å². The molecule has 5 rings (SSSR count). The number of hydrogen-bond acceptors (Lipinski definition) is 6. The number of nitrogens with zero attached hydrogens (tertiary/aromatic N) is 4. The van der Waals surface area contributed by atoms with Crippen LogP contribution in [0.25, 0.3) is 11.3 Å². The predicted octanol–water partition coefficient (Wildman–Crippen LogP) is 4.28. The summed E-state index contributed by atoms with van der Waals surface area (Å²) in [7, 11) is 0. The van der Waals surface area contributed by atoms with Crippen molar-refractivity contribution in [2.75, 3.05) is 0 Å². The van der Waals surface area contributed by atoms with Gasteiger partial charge in [-0.15, -0.1) is 0 Å². The van der Waals surface area contributed by atoms with Crippen molar-refractivity contribution in [2.45, 2.75) is 17.9 Å². The van der Waals surface area contributed by atoms with Crippen molar-refractivity contribution in [2.24, 2.45) is 5.73 Å². The Bertz CT molecular complexity index is 1430. The van der Waals surface area contributed by atoms with E-state index in [1.165, 1.54) is 12.3 Å². The Labute approximate surface area is 192 Å². The van der Waals surface area contributed by atoms with Crippen molar-refractivity contribution < 1.29 is 13.2 Å². The van der Waals surface area contributed by atoms with E-state index in [1.54, 1.807) is 36.5 Å². The number of benzene rings is 1. The molecule has 0 radical (unpaired) electrons. The van der Waals surface area contributed by atoms with Crippen LogP contribution in [0.5, 0.6) is 0 Å². The van der Waals surface area contributed by atoms with Crippen LogP contribution < -0.4 is 11.1 Å². The first-order chi connectivity index (χ1) is 16.3. The van der Waals surface area contributed by atoms with E-state index in [-0.39, 0.29) is 0 Å². The molecule has 4 aromatic rings. The second-order valence-electron chi connectivity index (χ2n) is 7.86. The number of alkyl halides is 3. The van der Waals surface area contributed by atoms with Crippen molar-refractivity contribution >= 4 is 0 Å². The van der Waals surface area contributed by atoms with E-state index < -0.39 is 23.6 Å². The van der Waals surface area contributed by atoms with Crippen LogP contribution in [0.15, 0.2) is 79.3 Å². The summed E-state index contributed by atoms with van der Waals surface area (Å²) in [6, 6.07) is 18.7. The Kier molecular flexibility index (Phi) is 5.12. The molecule has 1 aliphatic rings. The molecule has 0 saturated carbocycles. The van der Waals surface area contributed by atoms with E-state index in [0.717, 1.165) is 12.3 Å². The summed E-state index contributed by atoms with van der Waals surface area (Å²) in [5, 5.41) is 12.5. The molecule has 0 aliphatic carbocycles. The number of fused-ring (bicyclic) bond motifs is 1. The topological polar surface area (TPSA) is 101 Å². The van der Waals surface area contributed by atoms with Gasteiger partial charge in [-0.05, 0) is 47.5 Å². The monoisotopic (exact) mass is 458 g/mol. The molecule has 3 N–H and O–H groups in total. The lowest BCUT2D eigenvalue weighted by Gasteiger charge is -2.33. The Hall–Kier alpha value is -4.13. The summed E-state index contributed by atoms with van der Waals surface area (Å²) < 4.78 is 40.7. The normalized spacial score (nSPS) is 19.4. The fourth-order valence-electron chi connectivity index (χ4n) is 4.39. The molecule has 0 amide bonds. The number of aromatic nitrogens is 3. The van der Waals surface area contributed by atoms with Crippen LogP contribution in [-0.2, 0) is 11.7 Å². The van der Waals surface area contributed by atoms with Crippen LogP contribution in [0.4, 0.5) is 13.2 Å². The summed E-state index contributed by atoms with van der Waals surface area (Å²) >= 11 is 0. The maximum Gasteiger partial charge on any atom is 0.433 e. The Morgan fingerprint density at radius 3 is 2.50 bits per heavy atom. The average Bonchev–Trinajstić information content (AvgIpc) is 3.17. The maximum absolute atomic E-state index is 13.6. The fraction of sp³-hybridized carbons (Fsp3) is 0.120. The molecule has 3 aromatic heterocycles. The molecule has 1 aromatic carbocycles. The third-order valence-corrected chi connectivity index (χ3v) is 5.87. The minimum Gasteiger partial charge on any atom is -0.311 e. The van der Waals surface area contributed by atoms with Crippen molar-refractivity contribution in [3.8, 4) is 17.3 Å². The van der Waals surface area contributed by atoms with Gasteiger partial charge in [0.2, 0.25) is 0 Å². The summed E-state index contributed by atoms with van der Waals surface area (Å²) in [6.45, 7) is 0. The molecule has 6 nitrogen and oxygen atoms in total. The molecule has 168 valence electrons. The van der Waals surface area contributed by atoms with Crippen LogP contribution in [-0.4, -0.2) is 15.0 Å². The zero-order chi connectivity index (χ0) is 23.9. The number of hydrogen-bond donors (Lipinski definition) is 2. The first-order valence-corrected chi connectivity index (χ1v) is 10.3. The van der Waals surface area contributed by atoms with Crippen LogP contribution in [0.1, 0.15) is 39.8 Å². The number of nitrogens with two attached hydrogens (primary N) is 1. The molecule has 4 heterocycles. The van der Waals surface area contributed by atoms with Crippen molar-refractivity contribution in [3.63, 3.8) is 0 Å². The fourth-order valence-corrected chi connectivity index (χ4v) is 4.39. The van der Waals surface area contributed by atoms with Gasteiger partial charge in [-0.1, -0.05) is 24.3 Å². The van der Waals surface area contributed by atoms with Gasteiger partial charge in [-0.2, -0.15) is 18.4 Å². The lowest BCUT2D eigenvalue weighted by molar-refractivity contribution is -0.141. The zero-order valence-electron chi connectivity index (χ0n) is 17.6. The molecule has 0 fully saturated rings. The van der Waals surface area contributed by atoms with E-state index in [2.05, 4.69) is 26.3 Å². The molecule has 0 saturated heterocycles. The van der Waals surface area contributed by atoms with Gasteiger partial charge >= 0.3 is 6.18 Å². The Balaban J connectivity index is 1.76. The summed E-state index contributed by atoms with van der Waals surface area (Å²) in [6.07, 6.45) is -1.04. The van der Waals surface area contributed by atoms with Gasteiger partial charge in [0.25, 0.3) is 0 Å². The van der Waals surface area contributed by atoms with Gasteiger partial charge in [-0.25, -0.2) is 0 Å². The van der Waals surface area contributed by atoms with Crippen molar-refractivity contribution in [1.29, 1.82) is 5.26 Å². The van der Waals surface area contributed by atoms with Gasteiger partial charge in [0, 0.05) is 29.7 Å². The van der Waals surface area contributed by atoms with E-state index in [4.69, 9.17) is 5.73 Å². The number of pyridine rings is 3. The lowest BCUT2D eigenvalue weighted by Crippen LogP contribution is -2.42. The van der Waals surface area contributed by atoms with Gasteiger partial charge in [0.05, 0.1) is 28.6 Å². The molecule has 2 unspecified atom stereocenters. The van der Waals surface area contributed by atoms with E-state index >= 15 is 0 Å². The molecule has 1 aliphatic heterocycles. The van der Waals surface area contributed by atoms with Crippen LogP contribution in [0, 0.1) is 11.3 Å². The smallest absolute Gasteiger partial charge is 0.311 e. The predicted molar refractivity (Wildman–Crippen MR) is 118 cm³/mol. The van der Waals surface area contributed by atoms with Crippen molar-refractivity contribution in [3.05, 3.63) is 113 Å². The number of halogens is 3. The minimum atomic E-state index is -4.61. The molecular weight excluding hydrogens is 441 g/mol. The third-order valence-electron chi connectivity index (χ3n) is 5.87. The molecule has 2 atom stereocenters. The van der Waals surface area contributed by atoms with E-state index in [9.17, 15) is 18.4 Å². The first kappa shape index (κ1) is 21.7. The number of rotatable bonds is 3. The minimum absolute atomic E-state index is 0.327. The second-order valence-corrected chi connectivity index (χ2v) is 7.86.